The van der Waals surface area contributed by atoms with Crippen LogP contribution in [0.2, 0.25) is 0 Å². The van der Waals surface area contributed by atoms with E-state index in [1.165, 1.54) is 36.8 Å². The van der Waals surface area contributed by atoms with Gasteiger partial charge in [0.1, 0.15) is 0 Å². The normalized spacial score (nSPS) is 18.6. The molecular formula is C25H40N4O2. The summed E-state index contributed by atoms with van der Waals surface area (Å²) >= 11 is 0. The van der Waals surface area contributed by atoms with Gasteiger partial charge in [0.2, 0.25) is 5.91 Å². The quantitative estimate of drug-likeness (QED) is 0.319. The number of nitrogens with one attached hydrogen (secondary N) is 2. The third-order valence-corrected chi connectivity index (χ3v) is 6.58. The molecule has 0 unspecified atom stereocenters. The van der Waals surface area contributed by atoms with Crippen molar-refractivity contribution in [2.75, 3.05) is 32.8 Å². The molecule has 2 fully saturated rings. The molecule has 0 atom stereocenters. The molecule has 1 amide bonds. The fourth-order valence-electron chi connectivity index (χ4n) is 4.77. The molecule has 1 saturated carbocycles. The standard InChI is InChI=1S/C25H40N4O2/c1-3-26-24(28-20-25(12-5-6-13-25)14-16-31-4-2)27-18-21-9-7-10-22(17-21)19-29-15-8-11-23(29)30/h7,9-10,17H,3-6,8,11-16,18-20H2,1-2H3,(H2,26,27,28). The van der Waals surface area contributed by atoms with Crippen LogP contribution in [-0.4, -0.2) is 49.6 Å². The van der Waals surface area contributed by atoms with E-state index < -0.39 is 0 Å². The highest BCUT2D eigenvalue weighted by Crippen LogP contribution is 2.40. The van der Waals surface area contributed by atoms with Crippen LogP contribution in [0.15, 0.2) is 29.3 Å². The minimum Gasteiger partial charge on any atom is -0.382 e. The van der Waals surface area contributed by atoms with Crippen LogP contribution in [0.1, 0.15) is 69.9 Å². The van der Waals surface area contributed by atoms with Gasteiger partial charge in [-0.05, 0) is 56.1 Å². The zero-order chi connectivity index (χ0) is 21.9. The molecule has 3 rings (SSSR count). The van der Waals surface area contributed by atoms with E-state index in [9.17, 15) is 4.79 Å². The largest absolute Gasteiger partial charge is 0.382 e. The summed E-state index contributed by atoms with van der Waals surface area (Å²) in [6.45, 7) is 9.80. The van der Waals surface area contributed by atoms with Crippen LogP contribution in [0.5, 0.6) is 0 Å². The highest BCUT2D eigenvalue weighted by molar-refractivity contribution is 5.79. The van der Waals surface area contributed by atoms with Crippen LogP contribution < -0.4 is 10.6 Å². The summed E-state index contributed by atoms with van der Waals surface area (Å²) in [7, 11) is 0. The van der Waals surface area contributed by atoms with Crippen LogP contribution in [-0.2, 0) is 22.6 Å². The SMILES string of the molecule is CCNC(=NCc1cccc(CN2CCCC2=O)c1)NCC1(CCOCC)CCCC1. The van der Waals surface area contributed by atoms with Crippen molar-refractivity contribution in [1.82, 2.24) is 15.5 Å². The summed E-state index contributed by atoms with van der Waals surface area (Å²) in [4.78, 5) is 18.7. The Kier molecular flexibility index (Phi) is 9.19. The molecular weight excluding hydrogens is 388 g/mol. The van der Waals surface area contributed by atoms with Crippen LogP contribution in [0, 0.1) is 5.41 Å². The summed E-state index contributed by atoms with van der Waals surface area (Å²) in [5, 5.41) is 7.01. The number of rotatable bonds is 11. The maximum atomic E-state index is 11.9. The number of carbonyl (C=O) groups is 1. The number of hydrogen-bond donors (Lipinski definition) is 2. The summed E-state index contributed by atoms with van der Waals surface area (Å²) in [5.74, 6) is 1.15. The Morgan fingerprint density at radius 3 is 2.68 bits per heavy atom. The number of nitrogens with zero attached hydrogens (tertiary/aromatic N) is 2. The molecule has 1 heterocycles. The van der Waals surface area contributed by atoms with Gasteiger partial charge in [0, 0.05) is 45.8 Å². The van der Waals surface area contributed by atoms with Gasteiger partial charge in [0.25, 0.3) is 0 Å². The lowest BCUT2D eigenvalue weighted by Gasteiger charge is -2.30. The lowest BCUT2D eigenvalue weighted by atomic mass is 9.83. The molecule has 172 valence electrons. The second kappa shape index (κ2) is 12.1. The number of benzene rings is 1. The number of amides is 1. The number of aliphatic imine (C=N–C) groups is 1. The summed E-state index contributed by atoms with van der Waals surface area (Å²) in [6.07, 6.45) is 7.94. The van der Waals surface area contributed by atoms with Crippen molar-refractivity contribution in [3.05, 3.63) is 35.4 Å². The van der Waals surface area contributed by atoms with Crippen molar-refractivity contribution in [2.45, 2.75) is 71.9 Å². The van der Waals surface area contributed by atoms with Crippen LogP contribution in [0.4, 0.5) is 0 Å². The maximum Gasteiger partial charge on any atom is 0.222 e. The lowest BCUT2D eigenvalue weighted by molar-refractivity contribution is -0.128. The van der Waals surface area contributed by atoms with E-state index in [1.54, 1.807) is 0 Å². The van der Waals surface area contributed by atoms with Crippen molar-refractivity contribution in [3.63, 3.8) is 0 Å². The Bertz CT molecular complexity index is 728. The van der Waals surface area contributed by atoms with Gasteiger partial charge in [-0.25, -0.2) is 4.99 Å². The van der Waals surface area contributed by atoms with Gasteiger partial charge >= 0.3 is 0 Å². The van der Waals surface area contributed by atoms with Crippen molar-refractivity contribution in [3.8, 4) is 0 Å². The molecule has 2 aliphatic rings. The number of guanidine groups is 1. The minimum absolute atomic E-state index is 0.271. The first-order chi connectivity index (χ1) is 15.1. The molecule has 1 aromatic rings. The van der Waals surface area contributed by atoms with Gasteiger partial charge < -0.3 is 20.3 Å². The third-order valence-electron chi connectivity index (χ3n) is 6.58. The van der Waals surface area contributed by atoms with E-state index in [0.717, 1.165) is 51.6 Å². The summed E-state index contributed by atoms with van der Waals surface area (Å²) < 4.78 is 5.65. The van der Waals surface area contributed by atoms with E-state index in [0.29, 0.717) is 24.9 Å². The second-order valence-corrected chi connectivity index (χ2v) is 8.94. The predicted octanol–water partition coefficient (Wildman–Crippen LogP) is 3.85. The number of likely N-dealkylation sites (tertiary alicyclic amines) is 1. The molecule has 0 radical (unpaired) electrons. The van der Waals surface area contributed by atoms with Gasteiger partial charge in [-0.2, -0.15) is 0 Å². The maximum absolute atomic E-state index is 11.9. The highest BCUT2D eigenvalue weighted by atomic mass is 16.5. The van der Waals surface area contributed by atoms with Crippen molar-refractivity contribution in [2.24, 2.45) is 10.4 Å². The van der Waals surface area contributed by atoms with E-state index in [4.69, 9.17) is 9.73 Å². The first-order valence-electron chi connectivity index (χ1n) is 12.1. The van der Waals surface area contributed by atoms with E-state index in [2.05, 4.69) is 48.7 Å². The van der Waals surface area contributed by atoms with Gasteiger partial charge in [0.15, 0.2) is 5.96 Å². The predicted molar refractivity (Wildman–Crippen MR) is 126 cm³/mol. The van der Waals surface area contributed by atoms with Gasteiger partial charge in [-0.1, -0.05) is 37.1 Å². The van der Waals surface area contributed by atoms with Gasteiger partial charge in [-0.15, -0.1) is 0 Å². The van der Waals surface area contributed by atoms with Crippen molar-refractivity contribution in [1.29, 1.82) is 0 Å². The molecule has 1 aliphatic carbocycles. The Hall–Kier alpha value is -2.08. The molecule has 0 bridgehead atoms. The van der Waals surface area contributed by atoms with Gasteiger partial charge in [-0.3, -0.25) is 4.79 Å². The lowest BCUT2D eigenvalue weighted by Crippen LogP contribution is -2.43. The van der Waals surface area contributed by atoms with Crippen molar-refractivity contribution >= 4 is 11.9 Å². The highest BCUT2D eigenvalue weighted by Gasteiger charge is 2.33. The number of hydrogen-bond acceptors (Lipinski definition) is 3. The molecule has 1 aromatic carbocycles. The Morgan fingerprint density at radius 2 is 1.97 bits per heavy atom. The fraction of sp³-hybridized carbons (Fsp3) is 0.680. The van der Waals surface area contributed by atoms with Crippen LogP contribution in [0.3, 0.4) is 0 Å². The fourth-order valence-corrected chi connectivity index (χ4v) is 4.77. The van der Waals surface area contributed by atoms with E-state index >= 15 is 0 Å². The summed E-state index contributed by atoms with van der Waals surface area (Å²) in [6, 6.07) is 8.47. The monoisotopic (exact) mass is 428 g/mol. The van der Waals surface area contributed by atoms with Crippen LogP contribution >= 0.6 is 0 Å². The Labute approximate surface area is 187 Å². The molecule has 31 heavy (non-hydrogen) atoms. The molecule has 6 heteroatoms. The molecule has 0 spiro atoms. The average molecular weight is 429 g/mol. The Balaban J connectivity index is 1.57. The number of carbonyl (C=O) groups excluding carboxylic acids is 1. The zero-order valence-electron chi connectivity index (χ0n) is 19.4. The molecule has 0 aromatic heterocycles. The average Bonchev–Trinajstić information content (AvgIpc) is 3.40. The van der Waals surface area contributed by atoms with Crippen molar-refractivity contribution < 1.29 is 9.53 Å². The molecule has 6 nitrogen and oxygen atoms in total. The third kappa shape index (κ3) is 7.23. The first kappa shape index (κ1) is 23.6. The molecule has 2 N–H and O–H groups in total. The van der Waals surface area contributed by atoms with Gasteiger partial charge in [0.05, 0.1) is 6.54 Å². The second-order valence-electron chi connectivity index (χ2n) is 8.94. The topological polar surface area (TPSA) is 66.0 Å². The Morgan fingerprint density at radius 1 is 1.16 bits per heavy atom. The molecule has 1 saturated heterocycles. The molecule has 1 aliphatic heterocycles. The first-order valence-corrected chi connectivity index (χ1v) is 12.1. The smallest absolute Gasteiger partial charge is 0.222 e. The number of ether oxygens (including phenoxy) is 1. The van der Waals surface area contributed by atoms with E-state index in [1.807, 2.05) is 4.90 Å². The van der Waals surface area contributed by atoms with E-state index in [-0.39, 0.29) is 5.91 Å². The minimum atomic E-state index is 0.271. The summed E-state index contributed by atoms with van der Waals surface area (Å²) in [5.41, 5.74) is 2.68. The zero-order valence-corrected chi connectivity index (χ0v) is 19.4. The van der Waals surface area contributed by atoms with Crippen LogP contribution in [0.25, 0.3) is 0 Å².